The van der Waals surface area contributed by atoms with Gasteiger partial charge in [-0.3, -0.25) is 4.90 Å². The molecule has 110 valence electrons. The van der Waals surface area contributed by atoms with Gasteiger partial charge in [0.25, 0.3) is 0 Å². The molecule has 6 nitrogen and oxygen atoms in total. The van der Waals surface area contributed by atoms with E-state index in [1.807, 2.05) is 30.3 Å². The maximum Gasteiger partial charge on any atom is 0.407 e. The number of hydrogen-bond donors (Lipinski definition) is 2. The Labute approximate surface area is 121 Å². The highest BCUT2D eigenvalue weighted by Gasteiger charge is 2.50. The average Bonchev–Trinajstić information content (AvgIpc) is 3.02. The van der Waals surface area contributed by atoms with E-state index in [2.05, 4.69) is 10.2 Å². The molecule has 1 aromatic carbocycles. The molecule has 21 heavy (non-hydrogen) atoms. The van der Waals surface area contributed by atoms with Gasteiger partial charge >= 0.3 is 6.09 Å². The smallest absolute Gasteiger partial charge is 0.407 e. The van der Waals surface area contributed by atoms with Crippen LogP contribution < -0.4 is 5.32 Å². The summed E-state index contributed by atoms with van der Waals surface area (Å²) in [7, 11) is 0. The van der Waals surface area contributed by atoms with Crippen molar-refractivity contribution < 1.29 is 19.1 Å². The predicted molar refractivity (Wildman–Crippen MR) is 74.8 cm³/mol. The molecule has 0 radical (unpaired) electrons. The van der Waals surface area contributed by atoms with Crippen LogP contribution in [0.25, 0.3) is 11.0 Å². The van der Waals surface area contributed by atoms with Crippen LogP contribution in [0.4, 0.5) is 4.79 Å². The van der Waals surface area contributed by atoms with Crippen molar-refractivity contribution in [2.75, 3.05) is 26.2 Å². The second kappa shape index (κ2) is 4.47. The fourth-order valence-corrected chi connectivity index (χ4v) is 3.08. The number of hydrogen-bond acceptors (Lipinski definition) is 5. The summed E-state index contributed by atoms with van der Waals surface area (Å²) in [6, 6.07) is 9.55. The zero-order valence-corrected chi connectivity index (χ0v) is 11.4. The van der Waals surface area contributed by atoms with E-state index in [9.17, 15) is 9.90 Å². The molecule has 6 heteroatoms. The highest BCUT2D eigenvalue weighted by molar-refractivity contribution is 5.77. The molecule has 3 heterocycles. The lowest BCUT2D eigenvalue weighted by atomic mass is 9.94. The second-order valence-electron chi connectivity index (χ2n) is 5.80. The van der Waals surface area contributed by atoms with Gasteiger partial charge in [-0.25, -0.2) is 4.79 Å². The van der Waals surface area contributed by atoms with Gasteiger partial charge in [-0.2, -0.15) is 0 Å². The first-order valence-corrected chi connectivity index (χ1v) is 6.99. The molecule has 2 aromatic rings. The monoisotopic (exact) mass is 288 g/mol. The molecule has 4 rings (SSSR count). The average molecular weight is 288 g/mol. The number of β-amino-alcohol motifs (C(OH)–C–C–N with tert-alkyl or cyclic N) is 1. The largest absolute Gasteiger partial charge is 0.458 e. The number of furan rings is 1. The molecule has 1 spiro atoms. The van der Waals surface area contributed by atoms with Crippen molar-refractivity contribution in [3.63, 3.8) is 0 Å². The molecule has 0 unspecified atom stereocenters. The van der Waals surface area contributed by atoms with Crippen molar-refractivity contribution in [3.05, 3.63) is 36.1 Å². The quantitative estimate of drug-likeness (QED) is 0.889. The van der Waals surface area contributed by atoms with Gasteiger partial charge in [0, 0.05) is 25.0 Å². The number of ether oxygens (including phenoxy) is 1. The van der Waals surface area contributed by atoms with Gasteiger partial charge < -0.3 is 19.6 Å². The fraction of sp³-hybridized carbons (Fsp3) is 0.400. The van der Waals surface area contributed by atoms with Crippen LogP contribution in [-0.4, -0.2) is 47.9 Å². The standard InChI is InChI=1S/C15H16N2O4/c18-11(13-5-10-3-1-2-4-12(10)20-13)6-17-8-15(9-17)7-16-14(19)21-15/h1-5,11,18H,6-9H2,(H,16,19)/t11-/m1/s1. The first-order valence-electron chi connectivity index (χ1n) is 6.99. The van der Waals surface area contributed by atoms with Crippen molar-refractivity contribution >= 4 is 17.1 Å². The second-order valence-corrected chi connectivity index (χ2v) is 5.80. The molecule has 2 aliphatic heterocycles. The van der Waals surface area contributed by atoms with Crippen LogP contribution in [0, 0.1) is 0 Å². The molecule has 1 atom stereocenters. The van der Waals surface area contributed by atoms with E-state index in [4.69, 9.17) is 9.15 Å². The summed E-state index contributed by atoms with van der Waals surface area (Å²) in [6.07, 6.45) is -1.03. The van der Waals surface area contributed by atoms with Gasteiger partial charge in [0.1, 0.15) is 17.4 Å². The van der Waals surface area contributed by atoms with Gasteiger partial charge in [0.05, 0.1) is 6.54 Å². The highest BCUT2D eigenvalue weighted by Crippen LogP contribution is 2.31. The number of amides is 1. The van der Waals surface area contributed by atoms with Crippen LogP contribution in [0.15, 0.2) is 34.7 Å². The number of likely N-dealkylation sites (tertiary alicyclic amines) is 1. The van der Waals surface area contributed by atoms with Crippen LogP contribution in [0.1, 0.15) is 11.9 Å². The molecular formula is C15H16N2O4. The van der Waals surface area contributed by atoms with Crippen molar-refractivity contribution in [1.29, 1.82) is 0 Å². The van der Waals surface area contributed by atoms with E-state index >= 15 is 0 Å². The van der Waals surface area contributed by atoms with Crippen LogP contribution in [0.2, 0.25) is 0 Å². The summed E-state index contributed by atoms with van der Waals surface area (Å²) in [4.78, 5) is 13.1. The Morgan fingerprint density at radius 3 is 2.90 bits per heavy atom. The summed E-state index contributed by atoms with van der Waals surface area (Å²) >= 11 is 0. The molecule has 1 aromatic heterocycles. The van der Waals surface area contributed by atoms with E-state index in [-0.39, 0.29) is 6.09 Å². The van der Waals surface area contributed by atoms with Gasteiger partial charge in [-0.1, -0.05) is 18.2 Å². The van der Waals surface area contributed by atoms with Crippen LogP contribution in [-0.2, 0) is 4.74 Å². The number of aliphatic hydroxyl groups excluding tert-OH is 1. The van der Waals surface area contributed by atoms with Crippen molar-refractivity contribution in [2.45, 2.75) is 11.7 Å². The molecule has 2 saturated heterocycles. The van der Waals surface area contributed by atoms with Crippen LogP contribution >= 0.6 is 0 Å². The number of benzene rings is 1. The number of nitrogens with zero attached hydrogens (tertiary/aromatic N) is 1. The van der Waals surface area contributed by atoms with E-state index < -0.39 is 11.7 Å². The third-order valence-electron chi connectivity index (χ3n) is 4.09. The number of fused-ring (bicyclic) bond motifs is 1. The number of nitrogens with one attached hydrogen (secondary N) is 1. The zero-order valence-electron chi connectivity index (χ0n) is 11.4. The third-order valence-corrected chi connectivity index (χ3v) is 4.09. The van der Waals surface area contributed by atoms with Crippen LogP contribution in [0.3, 0.4) is 0 Å². The lowest BCUT2D eigenvalue weighted by Gasteiger charge is -2.45. The number of rotatable bonds is 3. The topological polar surface area (TPSA) is 74.9 Å². The first-order chi connectivity index (χ1) is 10.1. The Balaban J connectivity index is 1.40. The van der Waals surface area contributed by atoms with Gasteiger partial charge in [-0.15, -0.1) is 0 Å². The number of carbonyl (C=O) groups is 1. The summed E-state index contributed by atoms with van der Waals surface area (Å²) in [5, 5.41) is 13.9. The van der Waals surface area contributed by atoms with E-state index in [0.29, 0.717) is 31.9 Å². The van der Waals surface area contributed by atoms with Crippen molar-refractivity contribution in [3.8, 4) is 0 Å². The Hall–Kier alpha value is -2.05. The van der Waals surface area contributed by atoms with E-state index in [1.54, 1.807) is 0 Å². The minimum absolute atomic E-state index is 0.354. The zero-order chi connectivity index (χ0) is 14.4. The van der Waals surface area contributed by atoms with Gasteiger partial charge in [0.15, 0.2) is 5.60 Å². The van der Waals surface area contributed by atoms with Crippen molar-refractivity contribution in [2.24, 2.45) is 0 Å². The minimum Gasteiger partial charge on any atom is -0.458 e. The highest BCUT2D eigenvalue weighted by atomic mass is 16.6. The lowest BCUT2D eigenvalue weighted by Crippen LogP contribution is -2.64. The molecule has 2 fully saturated rings. The Kier molecular flexibility index (Phi) is 2.70. The molecule has 0 saturated carbocycles. The number of para-hydroxylation sites is 1. The minimum atomic E-state index is -0.681. The number of aliphatic hydroxyl groups is 1. The summed E-state index contributed by atoms with van der Waals surface area (Å²) in [5.74, 6) is 0.568. The first kappa shape index (κ1) is 12.7. The Morgan fingerprint density at radius 1 is 1.38 bits per heavy atom. The summed E-state index contributed by atoms with van der Waals surface area (Å²) in [5.41, 5.74) is 0.380. The summed E-state index contributed by atoms with van der Waals surface area (Å²) in [6.45, 7) is 2.30. The number of alkyl carbamates (subject to hydrolysis) is 1. The molecule has 0 aliphatic carbocycles. The maximum atomic E-state index is 11.1. The molecule has 0 bridgehead atoms. The maximum absolute atomic E-state index is 11.1. The molecular weight excluding hydrogens is 272 g/mol. The van der Waals surface area contributed by atoms with Crippen LogP contribution in [0.5, 0.6) is 0 Å². The van der Waals surface area contributed by atoms with E-state index in [0.717, 1.165) is 11.0 Å². The normalized spacial score (nSPS) is 22.0. The predicted octanol–water partition coefficient (Wildman–Crippen LogP) is 1.26. The lowest BCUT2D eigenvalue weighted by molar-refractivity contribution is -0.0872. The Morgan fingerprint density at radius 2 is 2.19 bits per heavy atom. The van der Waals surface area contributed by atoms with Gasteiger partial charge in [0.2, 0.25) is 0 Å². The Bertz CT molecular complexity index is 657. The fourth-order valence-electron chi connectivity index (χ4n) is 3.08. The summed E-state index contributed by atoms with van der Waals surface area (Å²) < 4.78 is 10.9. The van der Waals surface area contributed by atoms with Crippen molar-refractivity contribution in [1.82, 2.24) is 10.2 Å². The molecule has 2 aliphatic rings. The van der Waals surface area contributed by atoms with Gasteiger partial charge in [-0.05, 0) is 12.1 Å². The SMILES string of the molecule is O=C1NCC2(CN(C[C@@H](O)c3cc4ccccc4o3)C2)O1. The molecule has 1 amide bonds. The third kappa shape index (κ3) is 2.16. The number of carbonyl (C=O) groups excluding carboxylic acids is 1. The van der Waals surface area contributed by atoms with E-state index in [1.165, 1.54) is 0 Å². The molecule has 2 N–H and O–H groups in total.